The van der Waals surface area contributed by atoms with Crippen LogP contribution in [0.15, 0.2) is 58.2 Å². The largest absolute Gasteiger partial charge is 0.497 e. The zero-order chi connectivity index (χ0) is 23.2. The summed E-state index contributed by atoms with van der Waals surface area (Å²) in [6.45, 7) is 2.53. The third kappa shape index (κ3) is 5.14. The molecule has 0 unspecified atom stereocenters. The SMILES string of the molecule is CCn1c(SCC(=O)Nc2ccc(OC)cc2)nnc1-c1nc(-c2ccc(OC)cc2)no1. The smallest absolute Gasteiger partial charge is 0.296 e. The maximum absolute atomic E-state index is 12.4. The minimum atomic E-state index is -0.156. The van der Waals surface area contributed by atoms with E-state index in [9.17, 15) is 4.79 Å². The van der Waals surface area contributed by atoms with E-state index in [0.717, 1.165) is 17.1 Å². The number of aromatic nitrogens is 5. The van der Waals surface area contributed by atoms with Crippen molar-refractivity contribution in [2.24, 2.45) is 0 Å². The summed E-state index contributed by atoms with van der Waals surface area (Å²) >= 11 is 1.28. The number of nitrogens with zero attached hydrogens (tertiary/aromatic N) is 5. The third-order valence-electron chi connectivity index (χ3n) is 4.70. The molecule has 0 saturated heterocycles. The number of benzene rings is 2. The molecular formula is C22H22N6O4S. The van der Waals surface area contributed by atoms with Gasteiger partial charge in [-0.2, -0.15) is 4.98 Å². The van der Waals surface area contributed by atoms with E-state index in [1.807, 2.05) is 35.8 Å². The van der Waals surface area contributed by atoms with Gasteiger partial charge in [-0.05, 0) is 55.5 Å². The molecule has 0 fully saturated rings. The predicted octanol–water partition coefficient (Wildman–Crippen LogP) is 3.76. The lowest BCUT2D eigenvalue weighted by Gasteiger charge is -2.07. The van der Waals surface area contributed by atoms with Crippen molar-refractivity contribution in [2.75, 3.05) is 25.3 Å². The summed E-state index contributed by atoms with van der Waals surface area (Å²) in [6, 6.07) is 14.5. The van der Waals surface area contributed by atoms with Crippen molar-refractivity contribution in [2.45, 2.75) is 18.6 Å². The van der Waals surface area contributed by atoms with Crippen molar-refractivity contribution >= 4 is 23.4 Å². The Morgan fingerprint density at radius 1 is 1.03 bits per heavy atom. The van der Waals surface area contributed by atoms with E-state index in [-0.39, 0.29) is 17.6 Å². The molecule has 0 aliphatic carbocycles. The highest BCUT2D eigenvalue weighted by Crippen LogP contribution is 2.26. The predicted molar refractivity (Wildman–Crippen MR) is 123 cm³/mol. The summed E-state index contributed by atoms with van der Waals surface area (Å²) in [5.41, 5.74) is 1.48. The first-order chi connectivity index (χ1) is 16.1. The van der Waals surface area contributed by atoms with Crippen LogP contribution in [0.5, 0.6) is 11.5 Å². The first kappa shape index (κ1) is 22.3. The van der Waals surface area contributed by atoms with Gasteiger partial charge in [-0.3, -0.25) is 9.36 Å². The lowest BCUT2D eigenvalue weighted by atomic mass is 10.2. The van der Waals surface area contributed by atoms with Gasteiger partial charge in [0.05, 0.1) is 20.0 Å². The van der Waals surface area contributed by atoms with Gasteiger partial charge < -0.3 is 19.3 Å². The van der Waals surface area contributed by atoms with Gasteiger partial charge in [-0.25, -0.2) is 0 Å². The number of amides is 1. The number of ether oxygens (including phenoxy) is 2. The molecule has 2 heterocycles. The number of nitrogens with one attached hydrogen (secondary N) is 1. The molecular weight excluding hydrogens is 444 g/mol. The molecule has 2 aromatic heterocycles. The van der Waals surface area contributed by atoms with Crippen molar-refractivity contribution in [3.05, 3.63) is 48.5 Å². The van der Waals surface area contributed by atoms with Crippen LogP contribution < -0.4 is 14.8 Å². The molecule has 0 atom stereocenters. The second kappa shape index (κ2) is 10.2. The maximum atomic E-state index is 12.4. The van der Waals surface area contributed by atoms with Gasteiger partial charge in [-0.1, -0.05) is 16.9 Å². The van der Waals surface area contributed by atoms with Gasteiger partial charge in [0.25, 0.3) is 5.89 Å². The fourth-order valence-corrected chi connectivity index (χ4v) is 3.81. The molecule has 0 aliphatic rings. The van der Waals surface area contributed by atoms with Crippen LogP contribution in [-0.4, -0.2) is 50.8 Å². The van der Waals surface area contributed by atoms with E-state index in [1.165, 1.54) is 11.8 Å². The number of hydrogen-bond donors (Lipinski definition) is 1. The molecule has 0 bridgehead atoms. The molecule has 170 valence electrons. The second-order valence-corrected chi connectivity index (χ2v) is 7.71. The minimum absolute atomic E-state index is 0.156. The van der Waals surface area contributed by atoms with Gasteiger partial charge >= 0.3 is 0 Å². The molecule has 4 aromatic rings. The Hall–Kier alpha value is -3.86. The molecule has 10 nitrogen and oxygen atoms in total. The molecule has 33 heavy (non-hydrogen) atoms. The molecule has 1 amide bonds. The van der Waals surface area contributed by atoms with Crippen LogP contribution in [0.25, 0.3) is 23.1 Å². The quantitative estimate of drug-likeness (QED) is 0.368. The molecule has 11 heteroatoms. The van der Waals surface area contributed by atoms with E-state index in [1.54, 1.807) is 38.5 Å². The van der Waals surface area contributed by atoms with E-state index < -0.39 is 0 Å². The normalized spacial score (nSPS) is 10.8. The monoisotopic (exact) mass is 466 g/mol. The van der Waals surface area contributed by atoms with E-state index in [0.29, 0.717) is 29.0 Å². The topological polar surface area (TPSA) is 117 Å². The fourth-order valence-electron chi connectivity index (χ4n) is 3.01. The third-order valence-corrected chi connectivity index (χ3v) is 5.67. The van der Waals surface area contributed by atoms with Crippen molar-refractivity contribution in [3.8, 4) is 34.6 Å². The maximum Gasteiger partial charge on any atom is 0.296 e. The van der Waals surface area contributed by atoms with Crippen LogP contribution in [0.2, 0.25) is 0 Å². The summed E-state index contributed by atoms with van der Waals surface area (Å²) in [5.74, 6) is 2.62. The highest BCUT2D eigenvalue weighted by molar-refractivity contribution is 7.99. The number of anilines is 1. The summed E-state index contributed by atoms with van der Waals surface area (Å²) in [5, 5.41) is 15.9. The Morgan fingerprint density at radius 3 is 2.33 bits per heavy atom. The van der Waals surface area contributed by atoms with Crippen LogP contribution in [0.1, 0.15) is 6.92 Å². The Labute approximate surface area is 194 Å². The van der Waals surface area contributed by atoms with Crippen LogP contribution in [0, 0.1) is 0 Å². The molecule has 2 aromatic carbocycles. The van der Waals surface area contributed by atoms with Gasteiger partial charge in [-0.15, -0.1) is 10.2 Å². The zero-order valence-electron chi connectivity index (χ0n) is 18.3. The standard InChI is InChI=1S/C22H22N6O4S/c1-4-28-20(21-24-19(27-32-21)14-5-9-16(30-2)10-6-14)25-26-22(28)33-13-18(29)23-15-7-11-17(31-3)12-8-15/h5-12H,4,13H2,1-3H3,(H,23,29). The lowest BCUT2D eigenvalue weighted by molar-refractivity contribution is -0.113. The first-order valence-electron chi connectivity index (χ1n) is 10.1. The number of thioether (sulfide) groups is 1. The Morgan fingerprint density at radius 2 is 1.70 bits per heavy atom. The lowest BCUT2D eigenvalue weighted by Crippen LogP contribution is -2.14. The van der Waals surface area contributed by atoms with E-state index in [2.05, 4.69) is 25.7 Å². The zero-order valence-corrected chi connectivity index (χ0v) is 19.1. The number of methoxy groups -OCH3 is 2. The van der Waals surface area contributed by atoms with Crippen LogP contribution in [0.3, 0.4) is 0 Å². The van der Waals surface area contributed by atoms with Gasteiger partial charge in [0.2, 0.25) is 17.6 Å². The van der Waals surface area contributed by atoms with Gasteiger partial charge in [0, 0.05) is 17.8 Å². The van der Waals surface area contributed by atoms with Gasteiger partial charge in [0.1, 0.15) is 11.5 Å². The summed E-state index contributed by atoms with van der Waals surface area (Å²) in [6.07, 6.45) is 0. The summed E-state index contributed by atoms with van der Waals surface area (Å²) in [4.78, 5) is 16.8. The number of carbonyl (C=O) groups is 1. The average Bonchev–Trinajstić information content (AvgIpc) is 3.50. The number of rotatable bonds is 9. The minimum Gasteiger partial charge on any atom is -0.497 e. The summed E-state index contributed by atoms with van der Waals surface area (Å²) in [7, 11) is 3.20. The highest BCUT2D eigenvalue weighted by atomic mass is 32.2. The highest BCUT2D eigenvalue weighted by Gasteiger charge is 2.20. The Kier molecular flexibility index (Phi) is 6.89. The molecule has 0 radical (unpaired) electrons. The van der Waals surface area contributed by atoms with Crippen molar-refractivity contribution in [1.29, 1.82) is 0 Å². The average molecular weight is 467 g/mol. The van der Waals surface area contributed by atoms with Crippen molar-refractivity contribution in [3.63, 3.8) is 0 Å². The molecule has 0 aliphatic heterocycles. The molecule has 1 N–H and O–H groups in total. The second-order valence-electron chi connectivity index (χ2n) is 6.77. The van der Waals surface area contributed by atoms with Crippen LogP contribution in [0.4, 0.5) is 5.69 Å². The van der Waals surface area contributed by atoms with Crippen molar-refractivity contribution < 1.29 is 18.8 Å². The van der Waals surface area contributed by atoms with E-state index >= 15 is 0 Å². The molecule has 0 saturated carbocycles. The van der Waals surface area contributed by atoms with Crippen molar-refractivity contribution in [1.82, 2.24) is 24.9 Å². The Balaban J connectivity index is 1.43. The molecule has 4 rings (SSSR count). The number of carbonyl (C=O) groups excluding carboxylic acids is 1. The number of hydrogen-bond acceptors (Lipinski definition) is 9. The summed E-state index contributed by atoms with van der Waals surface area (Å²) < 4.78 is 17.6. The van der Waals surface area contributed by atoms with Crippen LogP contribution in [-0.2, 0) is 11.3 Å². The Bertz CT molecular complexity index is 1220. The van der Waals surface area contributed by atoms with Crippen LogP contribution >= 0.6 is 11.8 Å². The van der Waals surface area contributed by atoms with E-state index in [4.69, 9.17) is 14.0 Å². The fraction of sp³-hybridized carbons (Fsp3) is 0.227. The van der Waals surface area contributed by atoms with Gasteiger partial charge in [0.15, 0.2) is 5.16 Å². The first-order valence-corrected chi connectivity index (χ1v) is 11.1. The molecule has 0 spiro atoms.